The van der Waals surface area contributed by atoms with Crippen LogP contribution in [0.3, 0.4) is 0 Å². The van der Waals surface area contributed by atoms with Crippen molar-refractivity contribution in [1.82, 2.24) is 14.5 Å². The SMILES string of the molecule is Cc1ccsc1-c1nccn1CCCOc1cccnc1. The molecule has 0 spiro atoms. The van der Waals surface area contributed by atoms with Crippen molar-refractivity contribution in [3.05, 3.63) is 53.9 Å². The average molecular weight is 299 g/mol. The maximum absolute atomic E-state index is 5.66. The molecule has 0 atom stereocenters. The van der Waals surface area contributed by atoms with Crippen LogP contribution < -0.4 is 4.74 Å². The van der Waals surface area contributed by atoms with E-state index >= 15 is 0 Å². The van der Waals surface area contributed by atoms with Crippen LogP contribution >= 0.6 is 11.3 Å². The molecule has 108 valence electrons. The topological polar surface area (TPSA) is 39.9 Å². The van der Waals surface area contributed by atoms with Gasteiger partial charge >= 0.3 is 0 Å². The molecule has 3 rings (SSSR count). The smallest absolute Gasteiger partial charge is 0.150 e. The fraction of sp³-hybridized carbons (Fsp3) is 0.250. The first kappa shape index (κ1) is 13.8. The second-order valence-corrected chi connectivity index (χ2v) is 5.68. The molecule has 0 aliphatic carbocycles. The summed E-state index contributed by atoms with van der Waals surface area (Å²) in [5.74, 6) is 1.86. The van der Waals surface area contributed by atoms with Crippen molar-refractivity contribution in [1.29, 1.82) is 0 Å². The molecule has 0 radical (unpaired) electrons. The summed E-state index contributed by atoms with van der Waals surface area (Å²) in [6, 6.07) is 5.93. The molecule has 0 amide bonds. The molecule has 0 unspecified atom stereocenters. The van der Waals surface area contributed by atoms with Gasteiger partial charge in [-0.3, -0.25) is 4.98 Å². The van der Waals surface area contributed by atoms with Crippen molar-refractivity contribution in [3.63, 3.8) is 0 Å². The van der Waals surface area contributed by atoms with Crippen molar-refractivity contribution < 1.29 is 4.74 Å². The molecule has 5 heteroatoms. The number of nitrogens with zero attached hydrogens (tertiary/aromatic N) is 3. The van der Waals surface area contributed by atoms with Crippen molar-refractivity contribution in [2.24, 2.45) is 0 Å². The summed E-state index contributed by atoms with van der Waals surface area (Å²) in [6.45, 7) is 3.69. The van der Waals surface area contributed by atoms with Gasteiger partial charge in [-0.15, -0.1) is 11.3 Å². The molecule has 21 heavy (non-hydrogen) atoms. The minimum Gasteiger partial charge on any atom is -0.492 e. The monoisotopic (exact) mass is 299 g/mol. The van der Waals surface area contributed by atoms with Crippen molar-refractivity contribution in [2.75, 3.05) is 6.61 Å². The van der Waals surface area contributed by atoms with Gasteiger partial charge in [0.2, 0.25) is 0 Å². The fourth-order valence-corrected chi connectivity index (χ4v) is 3.10. The largest absolute Gasteiger partial charge is 0.492 e. The lowest BCUT2D eigenvalue weighted by Gasteiger charge is -2.08. The number of thiophene rings is 1. The van der Waals surface area contributed by atoms with E-state index in [4.69, 9.17) is 4.74 Å². The Labute approximate surface area is 128 Å². The number of ether oxygens (including phenoxy) is 1. The highest BCUT2D eigenvalue weighted by Crippen LogP contribution is 2.27. The zero-order valence-corrected chi connectivity index (χ0v) is 12.7. The zero-order chi connectivity index (χ0) is 14.5. The third-order valence-electron chi connectivity index (χ3n) is 3.23. The molecule has 0 saturated carbocycles. The Kier molecular flexibility index (Phi) is 4.31. The van der Waals surface area contributed by atoms with Crippen LogP contribution in [0.25, 0.3) is 10.7 Å². The van der Waals surface area contributed by atoms with E-state index < -0.39 is 0 Å². The summed E-state index contributed by atoms with van der Waals surface area (Å²) in [6.07, 6.45) is 8.29. The molecular weight excluding hydrogens is 282 g/mol. The van der Waals surface area contributed by atoms with Crippen LogP contribution in [-0.4, -0.2) is 21.1 Å². The molecule has 3 heterocycles. The summed E-state index contributed by atoms with van der Waals surface area (Å²) < 4.78 is 7.85. The highest BCUT2D eigenvalue weighted by atomic mass is 32.1. The molecule has 0 aliphatic rings. The van der Waals surface area contributed by atoms with Crippen LogP contribution in [0.1, 0.15) is 12.0 Å². The third-order valence-corrected chi connectivity index (χ3v) is 4.24. The number of aryl methyl sites for hydroxylation is 2. The van der Waals surface area contributed by atoms with Gasteiger partial charge in [-0.25, -0.2) is 4.98 Å². The number of imidazole rings is 1. The molecule has 3 aromatic rings. The van der Waals surface area contributed by atoms with Gasteiger partial charge in [0, 0.05) is 25.1 Å². The van der Waals surface area contributed by atoms with Gasteiger partial charge in [0.15, 0.2) is 0 Å². The lowest BCUT2D eigenvalue weighted by Crippen LogP contribution is -2.05. The van der Waals surface area contributed by atoms with E-state index in [0.717, 1.165) is 24.5 Å². The summed E-state index contributed by atoms with van der Waals surface area (Å²) in [5.41, 5.74) is 1.28. The van der Waals surface area contributed by atoms with Crippen molar-refractivity contribution in [3.8, 4) is 16.5 Å². The second kappa shape index (κ2) is 6.54. The van der Waals surface area contributed by atoms with Gasteiger partial charge in [-0.05, 0) is 42.5 Å². The molecule has 0 N–H and O–H groups in total. The first-order valence-electron chi connectivity index (χ1n) is 6.93. The lowest BCUT2D eigenvalue weighted by molar-refractivity contribution is 0.301. The number of hydrogen-bond acceptors (Lipinski definition) is 4. The number of hydrogen-bond donors (Lipinski definition) is 0. The maximum Gasteiger partial charge on any atom is 0.150 e. The third kappa shape index (κ3) is 3.31. The Bertz CT molecular complexity index is 690. The van der Waals surface area contributed by atoms with Crippen LogP contribution in [0, 0.1) is 6.92 Å². The molecule has 0 aromatic carbocycles. The predicted molar refractivity (Wildman–Crippen MR) is 84.6 cm³/mol. The minimum atomic E-state index is 0.673. The van der Waals surface area contributed by atoms with Gasteiger partial charge in [0.25, 0.3) is 0 Å². The number of aromatic nitrogens is 3. The Morgan fingerprint density at radius 1 is 1.29 bits per heavy atom. The fourth-order valence-electron chi connectivity index (χ4n) is 2.16. The predicted octanol–water partition coefficient (Wildman–Crippen LogP) is 3.78. The van der Waals surface area contributed by atoms with Gasteiger partial charge in [0.1, 0.15) is 11.6 Å². The summed E-state index contributed by atoms with van der Waals surface area (Å²) in [5, 5.41) is 2.11. The maximum atomic E-state index is 5.66. The van der Waals surface area contributed by atoms with E-state index in [1.165, 1.54) is 10.4 Å². The quantitative estimate of drug-likeness (QED) is 0.650. The van der Waals surface area contributed by atoms with Crippen LogP contribution in [0.4, 0.5) is 0 Å². The number of pyridine rings is 1. The molecule has 0 bridgehead atoms. The molecule has 3 aromatic heterocycles. The average Bonchev–Trinajstić information content (AvgIpc) is 3.13. The second-order valence-electron chi connectivity index (χ2n) is 4.77. The summed E-state index contributed by atoms with van der Waals surface area (Å²) in [4.78, 5) is 9.75. The number of rotatable bonds is 6. The zero-order valence-electron chi connectivity index (χ0n) is 11.9. The normalized spacial score (nSPS) is 10.7. The Morgan fingerprint density at radius 2 is 2.24 bits per heavy atom. The van der Waals surface area contributed by atoms with Gasteiger partial charge in [-0.1, -0.05) is 0 Å². The van der Waals surface area contributed by atoms with E-state index in [2.05, 4.69) is 32.9 Å². The van der Waals surface area contributed by atoms with E-state index in [1.807, 2.05) is 24.5 Å². The Hall–Kier alpha value is -2.14. The van der Waals surface area contributed by atoms with Crippen LogP contribution in [0.2, 0.25) is 0 Å². The van der Waals surface area contributed by atoms with Crippen molar-refractivity contribution >= 4 is 11.3 Å². The molecular formula is C16H17N3OS. The van der Waals surface area contributed by atoms with E-state index in [9.17, 15) is 0 Å². The molecule has 0 aliphatic heterocycles. The highest BCUT2D eigenvalue weighted by Gasteiger charge is 2.09. The van der Waals surface area contributed by atoms with Gasteiger partial charge < -0.3 is 9.30 Å². The van der Waals surface area contributed by atoms with Gasteiger partial charge in [0.05, 0.1) is 17.7 Å². The van der Waals surface area contributed by atoms with Gasteiger partial charge in [-0.2, -0.15) is 0 Å². The van der Waals surface area contributed by atoms with E-state index in [0.29, 0.717) is 6.61 Å². The van der Waals surface area contributed by atoms with Crippen LogP contribution in [-0.2, 0) is 6.54 Å². The molecule has 0 saturated heterocycles. The van der Waals surface area contributed by atoms with E-state index in [1.54, 1.807) is 23.7 Å². The first-order valence-corrected chi connectivity index (χ1v) is 7.81. The standard InChI is InChI=1S/C16H17N3OS/c1-13-5-11-21-15(13)16-18-7-9-19(16)8-3-10-20-14-4-2-6-17-12-14/h2,4-7,9,11-12H,3,8,10H2,1H3. The molecule has 4 nitrogen and oxygen atoms in total. The van der Waals surface area contributed by atoms with Crippen LogP contribution in [0.15, 0.2) is 48.4 Å². The summed E-state index contributed by atoms with van der Waals surface area (Å²) in [7, 11) is 0. The highest BCUT2D eigenvalue weighted by molar-refractivity contribution is 7.13. The first-order chi connectivity index (χ1) is 10.3. The summed E-state index contributed by atoms with van der Waals surface area (Å²) >= 11 is 1.73. The van der Waals surface area contributed by atoms with E-state index in [-0.39, 0.29) is 0 Å². The lowest BCUT2D eigenvalue weighted by atomic mass is 10.3. The van der Waals surface area contributed by atoms with Crippen molar-refractivity contribution in [2.45, 2.75) is 19.9 Å². The molecule has 0 fully saturated rings. The Morgan fingerprint density at radius 3 is 3.00 bits per heavy atom. The Balaban J connectivity index is 1.57. The van der Waals surface area contributed by atoms with Crippen LogP contribution in [0.5, 0.6) is 5.75 Å². The minimum absolute atomic E-state index is 0.673.